The normalized spacial score (nSPS) is 16.9. The van der Waals surface area contributed by atoms with Crippen LogP contribution in [-0.2, 0) is 16.1 Å². The Bertz CT molecular complexity index is 648. The molecular formula is C17H22N4O2. The molecule has 0 atom stereocenters. The fourth-order valence-electron chi connectivity index (χ4n) is 2.94. The standard InChI is InChI=1S/C17H22N4O2/c18-13-17(6-10-23-11-7-17)16(22)19-12-14-4-1-2-5-15(14)21-9-3-8-20-21/h1-5,8-9H,6-7,10-13,18H2,(H,19,22). The molecule has 0 saturated carbocycles. The number of carbonyl (C=O) groups excluding carboxylic acids is 1. The predicted molar refractivity (Wildman–Crippen MR) is 87.0 cm³/mol. The van der Waals surface area contributed by atoms with E-state index in [2.05, 4.69) is 10.4 Å². The first-order chi connectivity index (χ1) is 11.2. The monoisotopic (exact) mass is 314 g/mol. The number of nitrogens with zero attached hydrogens (tertiary/aromatic N) is 2. The van der Waals surface area contributed by atoms with Crippen LogP contribution in [0.1, 0.15) is 18.4 Å². The van der Waals surface area contributed by atoms with E-state index in [4.69, 9.17) is 10.5 Å². The van der Waals surface area contributed by atoms with Crippen LogP contribution in [0.5, 0.6) is 0 Å². The van der Waals surface area contributed by atoms with Gasteiger partial charge in [-0.1, -0.05) is 18.2 Å². The maximum atomic E-state index is 12.7. The highest BCUT2D eigenvalue weighted by atomic mass is 16.5. The Kier molecular flexibility index (Phi) is 4.73. The molecular weight excluding hydrogens is 292 g/mol. The minimum absolute atomic E-state index is 0.0126. The van der Waals surface area contributed by atoms with Crippen LogP contribution in [0, 0.1) is 5.41 Å². The lowest BCUT2D eigenvalue weighted by Gasteiger charge is -2.34. The van der Waals surface area contributed by atoms with Crippen molar-refractivity contribution in [3.05, 3.63) is 48.3 Å². The highest BCUT2D eigenvalue weighted by Gasteiger charge is 2.38. The second kappa shape index (κ2) is 6.93. The van der Waals surface area contributed by atoms with E-state index < -0.39 is 5.41 Å². The number of carbonyl (C=O) groups is 1. The van der Waals surface area contributed by atoms with Crippen LogP contribution in [0.3, 0.4) is 0 Å². The number of nitrogens with two attached hydrogens (primary N) is 1. The van der Waals surface area contributed by atoms with E-state index in [-0.39, 0.29) is 5.91 Å². The first-order valence-electron chi connectivity index (χ1n) is 7.89. The van der Waals surface area contributed by atoms with Gasteiger partial charge in [0.05, 0.1) is 11.1 Å². The maximum absolute atomic E-state index is 12.7. The summed E-state index contributed by atoms with van der Waals surface area (Å²) < 4.78 is 7.16. The minimum atomic E-state index is -0.501. The average Bonchev–Trinajstić information content (AvgIpc) is 3.15. The number of hydrogen-bond acceptors (Lipinski definition) is 4. The van der Waals surface area contributed by atoms with Gasteiger partial charge in [0.1, 0.15) is 0 Å². The number of hydrogen-bond donors (Lipinski definition) is 2. The molecule has 0 aliphatic carbocycles. The van der Waals surface area contributed by atoms with Gasteiger partial charge in [0, 0.05) is 38.7 Å². The Hall–Kier alpha value is -2.18. The van der Waals surface area contributed by atoms with Gasteiger partial charge in [0.25, 0.3) is 0 Å². The fraction of sp³-hybridized carbons (Fsp3) is 0.412. The number of nitrogens with one attached hydrogen (secondary N) is 1. The van der Waals surface area contributed by atoms with Crippen LogP contribution in [0.4, 0.5) is 0 Å². The molecule has 23 heavy (non-hydrogen) atoms. The number of benzene rings is 1. The first-order valence-corrected chi connectivity index (χ1v) is 7.89. The van der Waals surface area contributed by atoms with Crippen molar-refractivity contribution in [2.45, 2.75) is 19.4 Å². The van der Waals surface area contributed by atoms with Gasteiger partial charge in [-0.15, -0.1) is 0 Å². The summed E-state index contributed by atoms with van der Waals surface area (Å²) in [6, 6.07) is 9.78. The van der Waals surface area contributed by atoms with Crippen molar-refractivity contribution in [2.24, 2.45) is 11.1 Å². The summed E-state index contributed by atoms with van der Waals surface area (Å²) in [5.74, 6) is 0.0126. The molecule has 1 amide bonds. The highest BCUT2D eigenvalue weighted by molar-refractivity contribution is 5.83. The lowest BCUT2D eigenvalue weighted by Crippen LogP contribution is -2.49. The highest BCUT2D eigenvalue weighted by Crippen LogP contribution is 2.29. The van der Waals surface area contributed by atoms with Gasteiger partial charge >= 0.3 is 0 Å². The van der Waals surface area contributed by atoms with Crippen molar-refractivity contribution in [3.63, 3.8) is 0 Å². The Morgan fingerprint density at radius 1 is 1.30 bits per heavy atom. The van der Waals surface area contributed by atoms with Crippen molar-refractivity contribution < 1.29 is 9.53 Å². The third kappa shape index (κ3) is 3.28. The van der Waals surface area contributed by atoms with Gasteiger partial charge < -0.3 is 15.8 Å². The Morgan fingerprint density at radius 2 is 2.09 bits per heavy atom. The molecule has 1 aromatic heterocycles. The fourth-order valence-corrected chi connectivity index (χ4v) is 2.94. The van der Waals surface area contributed by atoms with E-state index in [0.717, 1.165) is 11.3 Å². The van der Waals surface area contributed by atoms with E-state index in [0.29, 0.717) is 39.1 Å². The van der Waals surface area contributed by atoms with E-state index in [1.54, 1.807) is 10.9 Å². The van der Waals surface area contributed by atoms with Crippen LogP contribution in [0.25, 0.3) is 5.69 Å². The van der Waals surface area contributed by atoms with Crippen LogP contribution < -0.4 is 11.1 Å². The molecule has 1 aromatic carbocycles. The van der Waals surface area contributed by atoms with Crippen LogP contribution in [0.15, 0.2) is 42.7 Å². The van der Waals surface area contributed by atoms with Crippen molar-refractivity contribution >= 4 is 5.91 Å². The van der Waals surface area contributed by atoms with Crippen LogP contribution >= 0.6 is 0 Å². The number of rotatable bonds is 5. The van der Waals surface area contributed by atoms with Crippen molar-refractivity contribution in [1.29, 1.82) is 0 Å². The largest absolute Gasteiger partial charge is 0.381 e. The molecule has 1 aliphatic heterocycles. The Labute approximate surface area is 135 Å². The maximum Gasteiger partial charge on any atom is 0.227 e. The number of ether oxygens (including phenoxy) is 1. The molecule has 2 aromatic rings. The van der Waals surface area contributed by atoms with Gasteiger partial charge in [0.2, 0.25) is 5.91 Å². The Balaban J connectivity index is 1.72. The molecule has 1 aliphatic rings. The van der Waals surface area contributed by atoms with E-state index in [1.807, 2.05) is 36.5 Å². The SMILES string of the molecule is NCC1(C(=O)NCc2ccccc2-n2cccn2)CCOCC1. The summed E-state index contributed by atoms with van der Waals surface area (Å²) >= 11 is 0. The number of aromatic nitrogens is 2. The number of amides is 1. The molecule has 3 N–H and O–H groups in total. The van der Waals surface area contributed by atoms with Gasteiger partial charge in [0.15, 0.2) is 0 Å². The first kappa shape index (κ1) is 15.7. The summed E-state index contributed by atoms with van der Waals surface area (Å²) in [4.78, 5) is 12.7. The van der Waals surface area contributed by atoms with Gasteiger partial charge in [-0.3, -0.25) is 4.79 Å². The summed E-state index contributed by atoms with van der Waals surface area (Å²) in [5.41, 5.74) is 7.37. The molecule has 0 radical (unpaired) electrons. The van der Waals surface area contributed by atoms with Crippen molar-refractivity contribution in [1.82, 2.24) is 15.1 Å². The molecule has 0 unspecified atom stereocenters. The lowest BCUT2D eigenvalue weighted by atomic mass is 9.79. The zero-order chi connectivity index (χ0) is 16.1. The molecule has 1 saturated heterocycles. The molecule has 3 rings (SSSR count). The Morgan fingerprint density at radius 3 is 2.78 bits per heavy atom. The van der Waals surface area contributed by atoms with Gasteiger partial charge in [-0.2, -0.15) is 5.10 Å². The summed E-state index contributed by atoms with van der Waals surface area (Å²) in [7, 11) is 0. The summed E-state index contributed by atoms with van der Waals surface area (Å²) in [6.45, 7) is 1.99. The second-order valence-electron chi connectivity index (χ2n) is 5.86. The molecule has 6 nitrogen and oxygen atoms in total. The average molecular weight is 314 g/mol. The molecule has 6 heteroatoms. The van der Waals surface area contributed by atoms with Crippen molar-refractivity contribution in [3.8, 4) is 5.69 Å². The van der Waals surface area contributed by atoms with Crippen molar-refractivity contribution in [2.75, 3.05) is 19.8 Å². The third-order valence-corrected chi connectivity index (χ3v) is 4.50. The summed E-state index contributed by atoms with van der Waals surface area (Å²) in [5, 5.41) is 7.31. The zero-order valence-corrected chi connectivity index (χ0v) is 13.1. The van der Waals surface area contributed by atoms with E-state index in [9.17, 15) is 4.79 Å². The predicted octanol–water partition coefficient (Wildman–Crippen LogP) is 1.24. The molecule has 0 spiro atoms. The molecule has 0 bridgehead atoms. The number of para-hydroxylation sites is 1. The minimum Gasteiger partial charge on any atom is -0.381 e. The molecule has 1 fully saturated rings. The summed E-state index contributed by atoms with van der Waals surface area (Å²) in [6.07, 6.45) is 4.98. The lowest BCUT2D eigenvalue weighted by molar-refractivity contribution is -0.136. The second-order valence-corrected chi connectivity index (χ2v) is 5.86. The van der Waals surface area contributed by atoms with Gasteiger partial charge in [-0.05, 0) is 30.5 Å². The quantitative estimate of drug-likeness (QED) is 0.870. The van der Waals surface area contributed by atoms with E-state index >= 15 is 0 Å². The molecule has 2 heterocycles. The van der Waals surface area contributed by atoms with Crippen LogP contribution in [-0.4, -0.2) is 35.4 Å². The van der Waals surface area contributed by atoms with Gasteiger partial charge in [-0.25, -0.2) is 4.68 Å². The van der Waals surface area contributed by atoms with E-state index in [1.165, 1.54) is 0 Å². The van der Waals surface area contributed by atoms with Crippen LogP contribution in [0.2, 0.25) is 0 Å². The topological polar surface area (TPSA) is 82.2 Å². The molecule has 122 valence electrons. The zero-order valence-electron chi connectivity index (χ0n) is 13.1. The third-order valence-electron chi connectivity index (χ3n) is 4.50. The smallest absolute Gasteiger partial charge is 0.227 e.